The number of anilines is 3. The Balaban J connectivity index is 1.28. The molecule has 202 valence electrons. The predicted octanol–water partition coefficient (Wildman–Crippen LogP) is 3.85. The van der Waals surface area contributed by atoms with E-state index in [9.17, 15) is 9.59 Å². The van der Waals surface area contributed by atoms with Crippen LogP contribution < -0.4 is 15.5 Å². The molecule has 2 aliphatic heterocycles. The minimum Gasteiger partial charge on any atom is -0.379 e. The molecule has 2 aliphatic rings. The van der Waals surface area contributed by atoms with Crippen LogP contribution in [0, 0.1) is 0 Å². The van der Waals surface area contributed by atoms with E-state index in [1.54, 1.807) is 11.9 Å². The van der Waals surface area contributed by atoms with Crippen LogP contribution in [0.4, 0.5) is 17.1 Å². The number of benzene rings is 3. The smallest absolute Gasteiger partial charge is 0.258 e. The van der Waals surface area contributed by atoms with Crippen LogP contribution in [0.25, 0.3) is 11.3 Å². The third-order valence-electron chi connectivity index (χ3n) is 7.19. The highest BCUT2D eigenvalue weighted by Gasteiger charge is 2.28. The molecule has 2 amide bonds. The normalized spacial score (nSPS) is 16.5. The molecular formula is C31H35N5O3. The molecule has 5 rings (SSSR count). The van der Waals surface area contributed by atoms with Gasteiger partial charge in [-0.3, -0.25) is 19.4 Å². The standard InChI is InChI=1S/C31H35N5O3/c1-34(16-17-36-18-20-39-21-19-36)22-28(37)35(2)25-14-12-24(13-15-25)32-30(23-8-4-3-5-9-23)29-26-10-6-7-11-27(26)33-31(29)38/h3-15,32H,16-22H2,1-2H3,(H,33,38)/b30-29-. The molecular weight excluding hydrogens is 490 g/mol. The highest BCUT2D eigenvalue weighted by atomic mass is 16.5. The summed E-state index contributed by atoms with van der Waals surface area (Å²) in [4.78, 5) is 32.1. The predicted molar refractivity (Wildman–Crippen MR) is 157 cm³/mol. The van der Waals surface area contributed by atoms with Gasteiger partial charge in [-0.25, -0.2) is 0 Å². The molecule has 0 unspecified atom stereocenters. The number of nitrogens with one attached hydrogen (secondary N) is 2. The first-order valence-electron chi connectivity index (χ1n) is 13.3. The highest BCUT2D eigenvalue weighted by molar-refractivity contribution is 6.37. The molecule has 0 bridgehead atoms. The number of morpholine rings is 1. The van der Waals surface area contributed by atoms with Crippen molar-refractivity contribution in [3.8, 4) is 0 Å². The van der Waals surface area contributed by atoms with Crippen molar-refractivity contribution < 1.29 is 14.3 Å². The van der Waals surface area contributed by atoms with Crippen molar-refractivity contribution in [1.29, 1.82) is 0 Å². The first kappa shape index (κ1) is 26.6. The summed E-state index contributed by atoms with van der Waals surface area (Å²) in [7, 11) is 3.78. The number of rotatable bonds is 9. The molecule has 0 radical (unpaired) electrons. The topological polar surface area (TPSA) is 77.2 Å². The molecule has 0 aliphatic carbocycles. The van der Waals surface area contributed by atoms with Gasteiger partial charge in [0.15, 0.2) is 0 Å². The van der Waals surface area contributed by atoms with Crippen molar-refractivity contribution >= 4 is 40.1 Å². The number of nitrogens with zero attached hydrogens (tertiary/aromatic N) is 3. The summed E-state index contributed by atoms with van der Waals surface area (Å²) in [5.41, 5.74) is 5.56. The number of carbonyl (C=O) groups is 2. The Labute approximate surface area is 229 Å². The molecule has 1 saturated heterocycles. The molecule has 0 atom stereocenters. The zero-order chi connectivity index (χ0) is 27.2. The molecule has 8 heteroatoms. The number of hydrogen-bond donors (Lipinski definition) is 2. The van der Waals surface area contributed by atoms with Crippen LogP contribution in [0.5, 0.6) is 0 Å². The summed E-state index contributed by atoms with van der Waals surface area (Å²) in [6.07, 6.45) is 0. The van der Waals surface area contributed by atoms with Gasteiger partial charge < -0.3 is 20.3 Å². The number of likely N-dealkylation sites (N-methyl/N-ethyl adjacent to an activating group) is 2. The van der Waals surface area contributed by atoms with Gasteiger partial charge in [0.1, 0.15) is 0 Å². The van der Waals surface area contributed by atoms with E-state index in [1.807, 2.05) is 85.9 Å². The second-order valence-corrected chi connectivity index (χ2v) is 9.93. The Morgan fingerprint density at radius 3 is 2.38 bits per heavy atom. The molecule has 0 saturated carbocycles. The Hall–Kier alpha value is -3.98. The van der Waals surface area contributed by atoms with Gasteiger partial charge in [-0.1, -0.05) is 48.5 Å². The van der Waals surface area contributed by atoms with E-state index in [0.29, 0.717) is 12.1 Å². The molecule has 8 nitrogen and oxygen atoms in total. The van der Waals surface area contributed by atoms with Crippen molar-refractivity contribution in [2.45, 2.75) is 0 Å². The summed E-state index contributed by atoms with van der Waals surface area (Å²) < 4.78 is 5.41. The number of ether oxygens (including phenoxy) is 1. The Bertz CT molecular complexity index is 1330. The van der Waals surface area contributed by atoms with Crippen molar-refractivity contribution in [2.75, 3.05) is 75.6 Å². The van der Waals surface area contributed by atoms with Gasteiger partial charge in [0.05, 0.1) is 31.0 Å². The third kappa shape index (κ3) is 6.37. The molecule has 2 N–H and O–H groups in total. The van der Waals surface area contributed by atoms with E-state index in [2.05, 4.69) is 20.4 Å². The van der Waals surface area contributed by atoms with Gasteiger partial charge in [-0.15, -0.1) is 0 Å². The van der Waals surface area contributed by atoms with Crippen LogP contribution in [-0.2, 0) is 14.3 Å². The van der Waals surface area contributed by atoms with Crippen LogP contribution in [0.3, 0.4) is 0 Å². The first-order chi connectivity index (χ1) is 19.0. The Kier molecular flexibility index (Phi) is 8.36. The minimum absolute atomic E-state index is 0.0338. The fraction of sp³-hybridized carbons (Fsp3) is 0.290. The lowest BCUT2D eigenvalue weighted by Crippen LogP contribution is -2.43. The zero-order valence-electron chi connectivity index (χ0n) is 22.5. The first-order valence-corrected chi connectivity index (χ1v) is 13.3. The van der Waals surface area contributed by atoms with Crippen LogP contribution in [0.1, 0.15) is 11.1 Å². The second-order valence-electron chi connectivity index (χ2n) is 9.93. The number of carbonyl (C=O) groups excluding carboxylic acids is 2. The number of fused-ring (bicyclic) bond motifs is 1. The number of amides is 2. The average molecular weight is 526 g/mol. The maximum absolute atomic E-state index is 13.0. The molecule has 0 spiro atoms. The minimum atomic E-state index is -0.137. The SMILES string of the molecule is CN(CCN1CCOCC1)CC(=O)N(C)c1ccc(N/C(=C2\C(=O)Nc3ccccc32)c2ccccc2)cc1. The van der Waals surface area contributed by atoms with Gasteiger partial charge in [-0.05, 0) is 42.9 Å². The molecule has 0 aromatic heterocycles. The van der Waals surface area contributed by atoms with Crippen molar-refractivity contribution in [2.24, 2.45) is 0 Å². The quantitative estimate of drug-likeness (QED) is 0.414. The summed E-state index contributed by atoms with van der Waals surface area (Å²) in [5.74, 6) is -0.103. The van der Waals surface area contributed by atoms with Gasteiger partial charge in [0.25, 0.3) is 5.91 Å². The molecule has 3 aromatic rings. The maximum Gasteiger partial charge on any atom is 0.258 e. The molecule has 39 heavy (non-hydrogen) atoms. The van der Waals surface area contributed by atoms with E-state index in [0.717, 1.165) is 73.3 Å². The van der Waals surface area contributed by atoms with Crippen LogP contribution in [0.15, 0.2) is 78.9 Å². The summed E-state index contributed by atoms with van der Waals surface area (Å²) in [6.45, 7) is 5.56. The van der Waals surface area contributed by atoms with E-state index in [1.165, 1.54) is 0 Å². The molecule has 1 fully saturated rings. The number of hydrogen-bond acceptors (Lipinski definition) is 6. The van der Waals surface area contributed by atoms with Crippen molar-refractivity contribution in [3.05, 3.63) is 90.0 Å². The Morgan fingerprint density at radius 1 is 0.949 bits per heavy atom. The van der Waals surface area contributed by atoms with Gasteiger partial charge in [0.2, 0.25) is 5.91 Å². The summed E-state index contributed by atoms with van der Waals surface area (Å²) in [6, 6.07) is 25.3. The lowest BCUT2D eigenvalue weighted by Gasteiger charge is -2.29. The van der Waals surface area contributed by atoms with Gasteiger partial charge in [-0.2, -0.15) is 0 Å². The fourth-order valence-electron chi connectivity index (χ4n) is 4.86. The third-order valence-corrected chi connectivity index (χ3v) is 7.19. The largest absolute Gasteiger partial charge is 0.379 e. The van der Waals surface area contributed by atoms with E-state index >= 15 is 0 Å². The van der Waals surface area contributed by atoms with Crippen molar-refractivity contribution in [3.63, 3.8) is 0 Å². The second kappa shape index (κ2) is 12.3. The fourth-order valence-corrected chi connectivity index (χ4v) is 4.86. The van der Waals surface area contributed by atoms with Gasteiger partial charge >= 0.3 is 0 Å². The van der Waals surface area contributed by atoms with Crippen LogP contribution in [0.2, 0.25) is 0 Å². The summed E-state index contributed by atoms with van der Waals surface area (Å²) in [5, 5.41) is 6.45. The summed E-state index contributed by atoms with van der Waals surface area (Å²) >= 11 is 0. The van der Waals surface area contributed by atoms with Crippen molar-refractivity contribution in [1.82, 2.24) is 9.80 Å². The lowest BCUT2D eigenvalue weighted by atomic mass is 10.00. The highest BCUT2D eigenvalue weighted by Crippen LogP contribution is 2.37. The van der Waals surface area contributed by atoms with E-state index in [-0.39, 0.29) is 11.8 Å². The van der Waals surface area contributed by atoms with E-state index in [4.69, 9.17) is 4.74 Å². The lowest BCUT2D eigenvalue weighted by molar-refractivity contribution is -0.119. The van der Waals surface area contributed by atoms with Crippen LogP contribution in [-0.4, -0.2) is 81.6 Å². The monoisotopic (exact) mass is 525 g/mol. The zero-order valence-corrected chi connectivity index (χ0v) is 22.5. The number of para-hydroxylation sites is 1. The Morgan fingerprint density at radius 2 is 1.64 bits per heavy atom. The molecule has 2 heterocycles. The molecule has 3 aromatic carbocycles. The van der Waals surface area contributed by atoms with Crippen LogP contribution >= 0.6 is 0 Å². The average Bonchev–Trinajstić information content (AvgIpc) is 3.31. The van der Waals surface area contributed by atoms with E-state index < -0.39 is 0 Å². The maximum atomic E-state index is 13.0. The van der Waals surface area contributed by atoms with Gasteiger partial charge in [0, 0.05) is 55.9 Å².